The van der Waals surface area contributed by atoms with E-state index in [2.05, 4.69) is 22.6 Å². The highest BCUT2D eigenvalue weighted by Gasteiger charge is 2.20. The summed E-state index contributed by atoms with van der Waals surface area (Å²) in [4.78, 5) is 0. The van der Waals surface area contributed by atoms with Crippen LogP contribution in [-0.2, 0) is 6.42 Å². The number of hydrogen-bond acceptors (Lipinski definition) is 3. The number of nitrogens with zero attached hydrogens (tertiary/aromatic N) is 3. The maximum Gasteiger partial charge on any atom is 0.149 e. The van der Waals surface area contributed by atoms with Crippen molar-refractivity contribution in [3.63, 3.8) is 0 Å². The van der Waals surface area contributed by atoms with E-state index in [1.807, 2.05) is 27.0 Å². The number of benzene rings is 1. The van der Waals surface area contributed by atoms with Crippen molar-refractivity contribution < 1.29 is 4.39 Å². The standard InChI is InChI=1S/C15H21FN4/c1-5-12(17-4)15-13(6-2)20(19-18-15)14-8-7-10(3)9-11(14)16/h7-9,12,17H,5-6H2,1-4H3. The molecule has 0 aliphatic rings. The first-order valence-electron chi connectivity index (χ1n) is 7.00. The van der Waals surface area contributed by atoms with Crippen LogP contribution in [0.25, 0.3) is 5.69 Å². The smallest absolute Gasteiger partial charge is 0.149 e. The Bertz CT molecular complexity index is 588. The molecule has 108 valence electrons. The molecule has 0 saturated carbocycles. The molecule has 1 heterocycles. The van der Waals surface area contributed by atoms with Gasteiger partial charge in [0.1, 0.15) is 17.2 Å². The molecule has 1 atom stereocenters. The molecule has 0 aliphatic carbocycles. The van der Waals surface area contributed by atoms with Crippen molar-refractivity contribution in [2.75, 3.05) is 7.05 Å². The van der Waals surface area contributed by atoms with Gasteiger partial charge in [-0.05, 0) is 44.5 Å². The Morgan fingerprint density at radius 3 is 2.65 bits per heavy atom. The van der Waals surface area contributed by atoms with Gasteiger partial charge >= 0.3 is 0 Å². The molecular formula is C15H21FN4. The summed E-state index contributed by atoms with van der Waals surface area (Å²) in [6.07, 6.45) is 1.67. The Morgan fingerprint density at radius 2 is 2.10 bits per heavy atom. The fourth-order valence-electron chi connectivity index (χ4n) is 2.43. The minimum Gasteiger partial charge on any atom is -0.312 e. The minimum atomic E-state index is -0.270. The van der Waals surface area contributed by atoms with Crippen LogP contribution < -0.4 is 5.32 Å². The van der Waals surface area contributed by atoms with Gasteiger partial charge < -0.3 is 5.32 Å². The summed E-state index contributed by atoms with van der Waals surface area (Å²) in [7, 11) is 1.90. The number of aromatic nitrogens is 3. The molecule has 0 amide bonds. The van der Waals surface area contributed by atoms with E-state index < -0.39 is 0 Å². The summed E-state index contributed by atoms with van der Waals surface area (Å²) in [6.45, 7) is 5.99. The number of nitrogens with one attached hydrogen (secondary N) is 1. The number of halogens is 1. The second kappa shape index (κ2) is 6.13. The molecule has 1 aromatic carbocycles. The largest absolute Gasteiger partial charge is 0.312 e. The van der Waals surface area contributed by atoms with Crippen molar-refractivity contribution in [1.82, 2.24) is 20.3 Å². The summed E-state index contributed by atoms with van der Waals surface area (Å²) in [6, 6.07) is 5.30. The number of hydrogen-bond donors (Lipinski definition) is 1. The van der Waals surface area contributed by atoms with Crippen molar-refractivity contribution in [3.8, 4) is 5.69 Å². The van der Waals surface area contributed by atoms with Crippen LogP contribution in [0.3, 0.4) is 0 Å². The Hall–Kier alpha value is -1.75. The zero-order chi connectivity index (χ0) is 14.7. The normalized spacial score (nSPS) is 12.7. The second-order valence-corrected chi connectivity index (χ2v) is 4.89. The Kier molecular flexibility index (Phi) is 4.49. The molecule has 2 aromatic rings. The summed E-state index contributed by atoms with van der Waals surface area (Å²) in [5.74, 6) is -0.270. The monoisotopic (exact) mass is 276 g/mol. The van der Waals surface area contributed by atoms with Crippen LogP contribution in [-0.4, -0.2) is 22.0 Å². The van der Waals surface area contributed by atoms with Crippen LogP contribution >= 0.6 is 0 Å². The first-order chi connectivity index (χ1) is 9.62. The topological polar surface area (TPSA) is 42.7 Å². The van der Waals surface area contributed by atoms with Crippen LogP contribution in [0.1, 0.15) is 43.3 Å². The minimum absolute atomic E-state index is 0.146. The highest BCUT2D eigenvalue weighted by atomic mass is 19.1. The predicted molar refractivity (Wildman–Crippen MR) is 77.5 cm³/mol. The second-order valence-electron chi connectivity index (χ2n) is 4.89. The van der Waals surface area contributed by atoms with Gasteiger partial charge in [0.15, 0.2) is 0 Å². The van der Waals surface area contributed by atoms with Crippen LogP contribution in [0.2, 0.25) is 0 Å². The zero-order valence-corrected chi connectivity index (χ0v) is 12.4. The third-order valence-electron chi connectivity index (χ3n) is 3.55. The van der Waals surface area contributed by atoms with Gasteiger partial charge in [0.05, 0.1) is 11.7 Å². The first-order valence-corrected chi connectivity index (χ1v) is 7.00. The predicted octanol–water partition coefficient (Wildman–Crippen LogP) is 2.95. The fraction of sp³-hybridized carbons (Fsp3) is 0.467. The van der Waals surface area contributed by atoms with Gasteiger partial charge in [-0.2, -0.15) is 0 Å². The van der Waals surface area contributed by atoms with Gasteiger partial charge in [0, 0.05) is 0 Å². The van der Waals surface area contributed by atoms with Crippen molar-refractivity contribution in [2.24, 2.45) is 0 Å². The van der Waals surface area contributed by atoms with E-state index in [1.54, 1.807) is 10.7 Å². The van der Waals surface area contributed by atoms with Crippen LogP contribution in [0.4, 0.5) is 4.39 Å². The quantitative estimate of drug-likeness (QED) is 0.913. The molecule has 2 rings (SSSR count). The summed E-state index contributed by atoms with van der Waals surface area (Å²) >= 11 is 0. The van der Waals surface area contributed by atoms with E-state index in [1.165, 1.54) is 6.07 Å². The van der Waals surface area contributed by atoms with Crippen LogP contribution in [0.5, 0.6) is 0 Å². The van der Waals surface area contributed by atoms with Gasteiger partial charge in [-0.1, -0.05) is 25.1 Å². The molecule has 0 radical (unpaired) electrons. The lowest BCUT2D eigenvalue weighted by Gasteiger charge is -2.13. The number of rotatable bonds is 5. The van der Waals surface area contributed by atoms with Crippen molar-refractivity contribution in [3.05, 3.63) is 41.0 Å². The molecule has 0 bridgehead atoms. The maximum absolute atomic E-state index is 14.1. The molecule has 5 heteroatoms. The highest BCUT2D eigenvalue weighted by Crippen LogP contribution is 2.23. The lowest BCUT2D eigenvalue weighted by molar-refractivity contribution is 0.555. The zero-order valence-electron chi connectivity index (χ0n) is 12.4. The van der Waals surface area contributed by atoms with Gasteiger partial charge in [0.25, 0.3) is 0 Å². The SMILES string of the molecule is CCc1c(C(CC)NC)nnn1-c1ccc(C)cc1F. The van der Waals surface area contributed by atoms with Crippen LogP contribution in [0, 0.1) is 12.7 Å². The van der Waals surface area contributed by atoms with Gasteiger partial charge in [0.2, 0.25) is 0 Å². The molecule has 0 aliphatic heterocycles. The molecular weight excluding hydrogens is 255 g/mol. The Balaban J connectivity index is 2.52. The molecule has 1 aromatic heterocycles. The highest BCUT2D eigenvalue weighted by molar-refractivity contribution is 5.37. The third-order valence-corrected chi connectivity index (χ3v) is 3.55. The van der Waals surface area contributed by atoms with Crippen molar-refractivity contribution >= 4 is 0 Å². The maximum atomic E-state index is 14.1. The molecule has 20 heavy (non-hydrogen) atoms. The Morgan fingerprint density at radius 1 is 1.35 bits per heavy atom. The van der Waals surface area contributed by atoms with Gasteiger partial charge in [-0.15, -0.1) is 5.10 Å². The lowest BCUT2D eigenvalue weighted by atomic mass is 10.1. The summed E-state index contributed by atoms with van der Waals surface area (Å²) in [5, 5.41) is 11.6. The van der Waals surface area contributed by atoms with E-state index in [-0.39, 0.29) is 11.9 Å². The lowest BCUT2D eigenvalue weighted by Crippen LogP contribution is -2.17. The first kappa shape index (κ1) is 14.7. The Labute approximate surface area is 119 Å². The van der Waals surface area contributed by atoms with Gasteiger partial charge in [-0.25, -0.2) is 9.07 Å². The molecule has 0 saturated heterocycles. The third kappa shape index (κ3) is 2.58. The molecule has 4 nitrogen and oxygen atoms in total. The van der Waals surface area contributed by atoms with Crippen molar-refractivity contribution in [2.45, 2.75) is 39.7 Å². The van der Waals surface area contributed by atoms with E-state index in [0.717, 1.165) is 29.8 Å². The van der Waals surface area contributed by atoms with Gasteiger partial charge in [-0.3, -0.25) is 0 Å². The molecule has 0 fully saturated rings. The molecule has 1 unspecified atom stereocenters. The number of aryl methyl sites for hydroxylation is 1. The fourth-order valence-corrected chi connectivity index (χ4v) is 2.43. The molecule has 1 N–H and O–H groups in total. The average molecular weight is 276 g/mol. The van der Waals surface area contributed by atoms with E-state index in [4.69, 9.17) is 0 Å². The van der Waals surface area contributed by atoms with Crippen molar-refractivity contribution in [1.29, 1.82) is 0 Å². The summed E-state index contributed by atoms with van der Waals surface area (Å²) in [5.41, 5.74) is 3.20. The molecule has 0 spiro atoms. The van der Waals surface area contributed by atoms with E-state index >= 15 is 0 Å². The average Bonchev–Trinajstić information content (AvgIpc) is 2.84. The van der Waals surface area contributed by atoms with E-state index in [0.29, 0.717) is 5.69 Å². The van der Waals surface area contributed by atoms with Crippen LogP contribution in [0.15, 0.2) is 18.2 Å². The summed E-state index contributed by atoms with van der Waals surface area (Å²) < 4.78 is 15.7. The van der Waals surface area contributed by atoms with E-state index in [9.17, 15) is 4.39 Å².